The van der Waals surface area contributed by atoms with Crippen LogP contribution in [0.15, 0.2) is 0 Å². The van der Waals surface area contributed by atoms with Crippen molar-refractivity contribution >= 4 is 5.97 Å². The van der Waals surface area contributed by atoms with Gasteiger partial charge in [-0.15, -0.1) is 0 Å². The first-order chi connectivity index (χ1) is 11.2. The molecule has 0 rings (SSSR count). The van der Waals surface area contributed by atoms with Gasteiger partial charge in [0.15, 0.2) is 0 Å². The van der Waals surface area contributed by atoms with Crippen molar-refractivity contribution in [1.29, 1.82) is 0 Å². The zero-order valence-corrected chi connectivity index (χ0v) is 15.7. The summed E-state index contributed by atoms with van der Waals surface area (Å²) in [5.41, 5.74) is 0. The Balaban J connectivity index is 3.09. The van der Waals surface area contributed by atoms with E-state index in [-0.39, 0.29) is 12.1 Å². The average molecular weight is 329 g/mol. The lowest BCUT2D eigenvalue weighted by molar-refractivity contribution is -0.143. The number of esters is 1. The summed E-state index contributed by atoms with van der Waals surface area (Å²) in [7, 11) is 0. The van der Waals surface area contributed by atoms with E-state index in [1.54, 1.807) is 0 Å². The summed E-state index contributed by atoms with van der Waals surface area (Å²) < 4.78 is 4.91. The third-order valence-electron chi connectivity index (χ3n) is 4.35. The fourth-order valence-electron chi connectivity index (χ4n) is 2.95. The molecule has 138 valence electrons. The number of hydrogen-bond acceptors (Lipinski definition) is 3. The third kappa shape index (κ3) is 17.6. The first kappa shape index (κ1) is 22.4. The van der Waals surface area contributed by atoms with Gasteiger partial charge in [0.1, 0.15) is 0 Å². The average Bonchev–Trinajstić information content (AvgIpc) is 2.52. The molecule has 1 N–H and O–H groups in total. The second kappa shape index (κ2) is 17.8. The smallest absolute Gasteiger partial charge is 0.305 e. The highest BCUT2D eigenvalue weighted by molar-refractivity contribution is 5.69. The summed E-state index contributed by atoms with van der Waals surface area (Å²) >= 11 is 0. The third-order valence-corrected chi connectivity index (χ3v) is 4.35. The SMILES string of the molecule is CCCC(O)CCCCCCCCCCCCCC(=O)OCC. The van der Waals surface area contributed by atoms with Gasteiger partial charge in [-0.05, 0) is 26.2 Å². The summed E-state index contributed by atoms with van der Waals surface area (Å²) in [4.78, 5) is 11.2. The van der Waals surface area contributed by atoms with Crippen LogP contribution < -0.4 is 0 Å². The number of carbonyl (C=O) groups is 1. The van der Waals surface area contributed by atoms with Crippen molar-refractivity contribution in [2.45, 2.75) is 116 Å². The number of aliphatic hydroxyl groups is 1. The Morgan fingerprint density at radius 2 is 1.26 bits per heavy atom. The lowest BCUT2D eigenvalue weighted by Crippen LogP contribution is -2.04. The minimum absolute atomic E-state index is 0.0466. The minimum Gasteiger partial charge on any atom is -0.466 e. The first-order valence-corrected chi connectivity index (χ1v) is 10.0. The Hall–Kier alpha value is -0.570. The molecule has 0 saturated heterocycles. The second-order valence-corrected chi connectivity index (χ2v) is 6.68. The Labute approximate surface area is 144 Å². The summed E-state index contributed by atoms with van der Waals surface area (Å²) in [5, 5.41) is 9.64. The standard InChI is InChI=1S/C20H40O3/c1-3-16-19(21)17-14-12-10-8-6-5-7-9-11-13-15-18-20(22)23-4-2/h19,21H,3-18H2,1-2H3. The van der Waals surface area contributed by atoms with E-state index in [2.05, 4.69) is 6.92 Å². The van der Waals surface area contributed by atoms with Crippen LogP contribution in [-0.2, 0) is 9.53 Å². The molecule has 0 aromatic heterocycles. The minimum atomic E-state index is -0.0659. The van der Waals surface area contributed by atoms with Gasteiger partial charge in [-0.1, -0.05) is 77.6 Å². The summed E-state index contributed by atoms with van der Waals surface area (Å²) in [6.45, 7) is 4.48. The normalized spacial score (nSPS) is 12.3. The second-order valence-electron chi connectivity index (χ2n) is 6.68. The molecule has 1 atom stereocenters. The number of aliphatic hydroxyl groups excluding tert-OH is 1. The molecular formula is C20H40O3. The molecule has 0 aliphatic heterocycles. The van der Waals surface area contributed by atoms with E-state index < -0.39 is 0 Å². The molecule has 0 spiro atoms. The van der Waals surface area contributed by atoms with E-state index in [0.717, 1.165) is 32.1 Å². The van der Waals surface area contributed by atoms with Gasteiger partial charge in [-0.3, -0.25) is 4.79 Å². The van der Waals surface area contributed by atoms with Crippen molar-refractivity contribution < 1.29 is 14.6 Å². The quantitative estimate of drug-likeness (QED) is 0.272. The van der Waals surface area contributed by atoms with Crippen LogP contribution in [0.25, 0.3) is 0 Å². The van der Waals surface area contributed by atoms with Crippen LogP contribution in [0.1, 0.15) is 110 Å². The molecule has 0 aromatic rings. The lowest BCUT2D eigenvalue weighted by atomic mass is 10.0. The topological polar surface area (TPSA) is 46.5 Å². The van der Waals surface area contributed by atoms with E-state index in [0.29, 0.717) is 13.0 Å². The van der Waals surface area contributed by atoms with Crippen molar-refractivity contribution in [1.82, 2.24) is 0 Å². The maximum Gasteiger partial charge on any atom is 0.305 e. The highest BCUT2D eigenvalue weighted by atomic mass is 16.5. The van der Waals surface area contributed by atoms with Gasteiger partial charge in [0.2, 0.25) is 0 Å². The molecule has 23 heavy (non-hydrogen) atoms. The van der Waals surface area contributed by atoms with E-state index in [1.807, 2.05) is 6.92 Å². The van der Waals surface area contributed by atoms with Gasteiger partial charge in [0, 0.05) is 6.42 Å². The Bertz CT molecular complexity index is 253. The molecule has 0 heterocycles. The largest absolute Gasteiger partial charge is 0.466 e. The monoisotopic (exact) mass is 328 g/mol. The molecule has 0 radical (unpaired) electrons. The molecule has 0 aromatic carbocycles. The fraction of sp³-hybridized carbons (Fsp3) is 0.950. The van der Waals surface area contributed by atoms with Crippen LogP contribution in [0, 0.1) is 0 Å². The van der Waals surface area contributed by atoms with Crippen molar-refractivity contribution in [2.24, 2.45) is 0 Å². The van der Waals surface area contributed by atoms with Crippen LogP contribution in [0.4, 0.5) is 0 Å². The van der Waals surface area contributed by atoms with Gasteiger partial charge in [0.25, 0.3) is 0 Å². The van der Waals surface area contributed by atoms with E-state index in [4.69, 9.17) is 4.74 Å². The number of rotatable bonds is 17. The Kier molecular flexibility index (Phi) is 17.3. The molecule has 3 nitrogen and oxygen atoms in total. The van der Waals surface area contributed by atoms with E-state index in [1.165, 1.54) is 57.8 Å². The molecular weight excluding hydrogens is 288 g/mol. The van der Waals surface area contributed by atoms with Crippen LogP contribution in [-0.4, -0.2) is 23.8 Å². The van der Waals surface area contributed by atoms with Crippen molar-refractivity contribution in [3.05, 3.63) is 0 Å². The highest BCUT2D eigenvalue weighted by Gasteiger charge is 2.02. The van der Waals surface area contributed by atoms with Crippen molar-refractivity contribution in [2.75, 3.05) is 6.61 Å². The van der Waals surface area contributed by atoms with Gasteiger partial charge >= 0.3 is 5.97 Å². The molecule has 0 saturated carbocycles. The van der Waals surface area contributed by atoms with Gasteiger partial charge < -0.3 is 9.84 Å². The van der Waals surface area contributed by atoms with Gasteiger partial charge in [-0.25, -0.2) is 0 Å². The molecule has 0 fully saturated rings. The van der Waals surface area contributed by atoms with Crippen molar-refractivity contribution in [3.63, 3.8) is 0 Å². The predicted octanol–water partition coefficient (Wildman–Crippen LogP) is 5.78. The Morgan fingerprint density at radius 3 is 1.74 bits per heavy atom. The maximum absolute atomic E-state index is 11.2. The van der Waals surface area contributed by atoms with E-state index in [9.17, 15) is 9.90 Å². The number of hydrogen-bond donors (Lipinski definition) is 1. The van der Waals surface area contributed by atoms with Gasteiger partial charge in [-0.2, -0.15) is 0 Å². The number of carbonyl (C=O) groups excluding carboxylic acids is 1. The number of ether oxygens (including phenoxy) is 1. The zero-order valence-electron chi connectivity index (χ0n) is 15.7. The van der Waals surface area contributed by atoms with Crippen LogP contribution >= 0.6 is 0 Å². The maximum atomic E-state index is 11.2. The van der Waals surface area contributed by atoms with Crippen molar-refractivity contribution in [3.8, 4) is 0 Å². The van der Waals surface area contributed by atoms with Crippen LogP contribution in [0.2, 0.25) is 0 Å². The highest BCUT2D eigenvalue weighted by Crippen LogP contribution is 2.14. The summed E-state index contributed by atoms with van der Waals surface area (Å²) in [6.07, 6.45) is 17.4. The molecule has 0 amide bonds. The number of unbranched alkanes of at least 4 members (excludes halogenated alkanes) is 10. The molecule has 3 heteroatoms. The van der Waals surface area contributed by atoms with E-state index >= 15 is 0 Å². The summed E-state index contributed by atoms with van der Waals surface area (Å²) in [6, 6.07) is 0. The summed E-state index contributed by atoms with van der Waals surface area (Å²) in [5.74, 6) is -0.0466. The molecule has 0 aliphatic rings. The first-order valence-electron chi connectivity index (χ1n) is 10.0. The van der Waals surface area contributed by atoms with Crippen LogP contribution in [0.5, 0.6) is 0 Å². The lowest BCUT2D eigenvalue weighted by Gasteiger charge is -2.08. The fourth-order valence-corrected chi connectivity index (χ4v) is 2.95. The zero-order chi connectivity index (χ0) is 17.2. The molecule has 0 bridgehead atoms. The predicted molar refractivity (Wildman–Crippen MR) is 97.6 cm³/mol. The Morgan fingerprint density at radius 1 is 0.783 bits per heavy atom. The molecule has 0 aliphatic carbocycles. The van der Waals surface area contributed by atoms with Gasteiger partial charge in [0.05, 0.1) is 12.7 Å². The van der Waals surface area contributed by atoms with Crippen LogP contribution in [0.3, 0.4) is 0 Å². The molecule has 1 unspecified atom stereocenters.